The van der Waals surface area contributed by atoms with Gasteiger partial charge in [-0.3, -0.25) is 4.98 Å². The van der Waals surface area contributed by atoms with Crippen LogP contribution in [0.15, 0.2) is 182 Å². The largest absolute Gasteiger partial charge is 0.309 e. The molecule has 238 valence electrons. The maximum Gasteiger partial charge on any atom is 0.0963 e. The molecule has 4 aromatic heterocycles. The number of pyridine rings is 1. The molecule has 0 spiro atoms. The van der Waals surface area contributed by atoms with Gasteiger partial charge in [-0.2, -0.15) is 0 Å². The first-order valence-corrected chi connectivity index (χ1v) is 17.4. The van der Waals surface area contributed by atoms with E-state index in [0.29, 0.717) is 0 Å². The number of benzene rings is 7. The number of para-hydroxylation sites is 4. The van der Waals surface area contributed by atoms with Gasteiger partial charge < -0.3 is 13.7 Å². The molecule has 0 bridgehead atoms. The summed E-state index contributed by atoms with van der Waals surface area (Å²) in [5, 5.41) is 6.14. The Morgan fingerprint density at radius 2 is 0.765 bits per heavy atom. The average Bonchev–Trinajstić information content (AvgIpc) is 3.83. The Bertz CT molecular complexity index is 3090. The zero-order chi connectivity index (χ0) is 33.5. The minimum absolute atomic E-state index is 1.00. The van der Waals surface area contributed by atoms with Crippen LogP contribution in [0.25, 0.3) is 93.7 Å². The lowest BCUT2D eigenvalue weighted by atomic mass is 10.0. The van der Waals surface area contributed by atoms with Gasteiger partial charge in [0.25, 0.3) is 0 Å². The van der Waals surface area contributed by atoms with E-state index in [4.69, 9.17) is 4.98 Å². The lowest BCUT2D eigenvalue weighted by molar-refractivity contribution is 1.16. The van der Waals surface area contributed by atoms with E-state index in [1.807, 2.05) is 12.3 Å². The van der Waals surface area contributed by atoms with Crippen LogP contribution in [0.3, 0.4) is 0 Å². The number of fused-ring (bicyclic) bond motifs is 9. The number of rotatable bonds is 4. The highest BCUT2D eigenvalue weighted by Crippen LogP contribution is 2.40. The predicted octanol–water partition coefficient (Wildman–Crippen LogP) is 12.0. The van der Waals surface area contributed by atoms with Gasteiger partial charge in [-0.25, -0.2) is 0 Å². The summed E-state index contributed by atoms with van der Waals surface area (Å²) in [6.07, 6.45) is 1.90. The van der Waals surface area contributed by atoms with Crippen molar-refractivity contribution < 1.29 is 0 Å². The molecule has 11 rings (SSSR count). The van der Waals surface area contributed by atoms with Crippen molar-refractivity contribution >= 4 is 65.5 Å². The Balaban J connectivity index is 1.13. The van der Waals surface area contributed by atoms with E-state index in [0.717, 1.165) is 44.6 Å². The third-order valence-electron chi connectivity index (χ3n) is 10.4. The van der Waals surface area contributed by atoms with Crippen LogP contribution in [0, 0.1) is 0 Å². The van der Waals surface area contributed by atoms with Gasteiger partial charge in [-0.15, -0.1) is 0 Å². The summed E-state index contributed by atoms with van der Waals surface area (Å²) in [4.78, 5) is 4.95. The maximum absolute atomic E-state index is 4.95. The van der Waals surface area contributed by atoms with E-state index in [1.165, 1.54) is 49.2 Å². The van der Waals surface area contributed by atoms with Crippen LogP contribution < -0.4 is 0 Å². The third kappa shape index (κ3) is 4.11. The zero-order valence-electron chi connectivity index (χ0n) is 27.6. The minimum Gasteiger partial charge on any atom is -0.309 e. The topological polar surface area (TPSA) is 27.7 Å². The van der Waals surface area contributed by atoms with Crippen LogP contribution in [-0.2, 0) is 0 Å². The Kier molecular flexibility index (Phi) is 5.92. The Morgan fingerprint density at radius 3 is 1.39 bits per heavy atom. The average molecular weight is 651 g/mol. The van der Waals surface area contributed by atoms with Crippen molar-refractivity contribution in [3.8, 4) is 28.2 Å². The molecule has 0 amide bonds. The predicted molar refractivity (Wildman–Crippen MR) is 213 cm³/mol. The second-order valence-electron chi connectivity index (χ2n) is 13.3. The second kappa shape index (κ2) is 10.8. The highest BCUT2D eigenvalue weighted by molar-refractivity contribution is 6.18. The van der Waals surface area contributed by atoms with Crippen molar-refractivity contribution in [1.82, 2.24) is 18.7 Å². The molecule has 0 N–H and O–H groups in total. The first-order chi connectivity index (χ1) is 25.3. The van der Waals surface area contributed by atoms with Gasteiger partial charge in [0.05, 0.1) is 38.6 Å². The van der Waals surface area contributed by atoms with Crippen molar-refractivity contribution in [3.63, 3.8) is 0 Å². The van der Waals surface area contributed by atoms with Gasteiger partial charge in [-0.1, -0.05) is 97.1 Å². The molecule has 0 aliphatic heterocycles. The van der Waals surface area contributed by atoms with Crippen LogP contribution in [0.5, 0.6) is 0 Å². The molecule has 0 radical (unpaired) electrons. The van der Waals surface area contributed by atoms with Crippen LogP contribution in [0.4, 0.5) is 0 Å². The summed E-state index contributed by atoms with van der Waals surface area (Å²) < 4.78 is 7.15. The minimum atomic E-state index is 1.00. The Morgan fingerprint density at radius 1 is 0.294 bits per heavy atom. The molecule has 0 saturated heterocycles. The van der Waals surface area contributed by atoms with E-state index in [9.17, 15) is 0 Å². The molecular formula is C47H30N4. The summed E-state index contributed by atoms with van der Waals surface area (Å²) >= 11 is 0. The molecule has 7 aromatic carbocycles. The SMILES string of the molecule is c1ccc(-n2c3ccccc3c3cc4c5ncccc5n(-c5cccc(-c6cccc(-n7c8ccccc8c8ccccc87)c6)c5)c4cc32)cc1. The van der Waals surface area contributed by atoms with Gasteiger partial charge in [0, 0.05) is 50.2 Å². The van der Waals surface area contributed by atoms with E-state index in [-0.39, 0.29) is 0 Å². The number of aromatic nitrogens is 4. The number of hydrogen-bond donors (Lipinski definition) is 0. The summed E-state index contributed by atoms with van der Waals surface area (Å²) in [7, 11) is 0. The lowest BCUT2D eigenvalue weighted by Crippen LogP contribution is -1.97. The molecule has 0 saturated carbocycles. The molecule has 0 aliphatic rings. The molecule has 4 nitrogen and oxygen atoms in total. The molecule has 0 aliphatic carbocycles. The molecule has 0 unspecified atom stereocenters. The lowest BCUT2D eigenvalue weighted by Gasteiger charge is -2.13. The summed E-state index contributed by atoms with van der Waals surface area (Å²) in [6, 6.07) is 63.5. The number of hydrogen-bond acceptors (Lipinski definition) is 1. The Labute approximate surface area is 293 Å². The smallest absolute Gasteiger partial charge is 0.0963 e. The normalized spacial score (nSPS) is 11.9. The van der Waals surface area contributed by atoms with Crippen molar-refractivity contribution in [2.45, 2.75) is 0 Å². The van der Waals surface area contributed by atoms with Crippen molar-refractivity contribution in [3.05, 3.63) is 182 Å². The van der Waals surface area contributed by atoms with Crippen molar-refractivity contribution in [2.75, 3.05) is 0 Å². The summed E-state index contributed by atoms with van der Waals surface area (Å²) in [5.74, 6) is 0. The van der Waals surface area contributed by atoms with Gasteiger partial charge in [0.2, 0.25) is 0 Å². The van der Waals surface area contributed by atoms with E-state index in [1.54, 1.807) is 0 Å². The van der Waals surface area contributed by atoms with Crippen LogP contribution in [0.2, 0.25) is 0 Å². The van der Waals surface area contributed by atoms with Crippen LogP contribution in [-0.4, -0.2) is 18.7 Å². The van der Waals surface area contributed by atoms with E-state index < -0.39 is 0 Å². The van der Waals surface area contributed by atoms with Crippen LogP contribution in [0.1, 0.15) is 0 Å². The van der Waals surface area contributed by atoms with Gasteiger partial charge >= 0.3 is 0 Å². The van der Waals surface area contributed by atoms with E-state index >= 15 is 0 Å². The molecular weight excluding hydrogens is 621 g/mol. The van der Waals surface area contributed by atoms with Gasteiger partial charge in [0.15, 0.2) is 0 Å². The summed E-state index contributed by atoms with van der Waals surface area (Å²) in [6.45, 7) is 0. The summed E-state index contributed by atoms with van der Waals surface area (Å²) in [5.41, 5.74) is 13.7. The molecule has 0 fully saturated rings. The fourth-order valence-electron chi connectivity index (χ4n) is 8.28. The number of nitrogens with zero attached hydrogens (tertiary/aromatic N) is 4. The first-order valence-electron chi connectivity index (χ1n) is 17.4. The standard InChI is InChI=1S/C47H30N4/c1-2-15-33(16-3-1)49-43-24-9-6-21-38(43)39-29-40-46(30-45(39)49)51(44-25-12-26-48-47(40)44)35-18-11-14-32(28-35)31-13-10-17-34(27-31)50-41-22-7-4-19-36(41)37-20-5-8-23-42(37)50/h1-30H. The first kappa shape index (κ1) is 28.0. The second-order valence-corrected chi connectivity index (χ2v) is 13.3. The monoisotopic (exact) mass is 650 g/mol. The molecule has 51 heavy (non-hydrogen) atoms. The zero-order valence-corrected chi connectivity index (χ0v) is 27.6. The molecule has 4 heteroatoms. The highest BCUT2D eigenvalue weighted by atomic mass is 15.0. The quantitative estimate of drug-likeness (QED) is 0.186. The molecule has 11 aromatic rings. The van der Waals surface area contributed by atoms with E-state index in [2.05, 4.69) is 184 Å². The van der Waals surface area contributed by atoms with Crippen LogP contribution >= 0.6 is 0 Å². The maximum atomic E-state index is 4.95. The van der Waals surface area contributed by atoms with Crippen molar-refractivity contribution in [1.29, 1.82) is 0 Å². The Hall–Kier alpha value is -6.91. The highest BCUT2D eigenvalue weighted by Gasteiger charge is 2.19. The third-order valence-corrected chi connectivity index (χ3v) is 10.4. The van der Waals surface area contributed by atoms with Gasteiger partial charge in [-0.05, 0) is 90.0 Å². The van der Waals surface area contributed by atoms with Crippen molar-refractivity contribution in [2.24, 2.45) is 0 Å². The fourth-order valence-corrected chi connectivity index (χ4v) is 8.28. The molecule has 4 heterocycles. The van der Waals surface area contributed by atoms with Gasteiger partial charge in [0.1, 0.15) is 0 Å². The fraction of sp³-hybridized carbons (Fsp3) is 0. The molecule has 0 atom stereocenters.